The Hall–Kier alpha value is -0.0400. The lowest BCUT2D eigenvalue weighted by Crippen LogP contribution is -2.31. The zero-order valence-electron chi connectivity index (χ0n) is 6.36. The molecule has 1 heteroatoms. The molecular weight excluding hydrogens is 98.1 g/mol. The van der Waals surface area contributed by atoms with Crippen LogP contribution in [0.4, 0.5) is 0 Å². The van der Waals surface area contributed by atoms with Crippen LogP contribution in [0.5, 0.6) is 0 Å². The first kappa shape index (κ1) is 7.96. The summed E-state index contributed by atoms with van der Waals surface area (Å²) in [5.74, 6) is 0. The van der Waals surface area contributed by atoms with Gasteiger partial charge in [-0.3, -0.25) is 0 Å². The van der Waals surface area contributed by atoms with Crippen molar-refractivity contribution in [2.75, 3.05) is 0 Å². The van der Waals surface area contributed by atoms with Gasteiger partial charge in [0.2, 0.25) is 0 Å². The highest BCUT2D eigenvalue weighted by atomic mass is 14.9. The minimum atomic E-state index is 0. The van der Waals surface area contributed by atoms with Gasteiger partial charge in [-0.25, -0.2) is 0 Å². The third-order valence-electron chi connectivity index (χ3n) is 1.23. The summed E-state index contributed by atoms with van der Waals surface area (Å²) in [4.78, 5) is 0. The summed E-state index contributed by atoms with van der Waals surface area (Å²) in [7, 11) is 0. The van der Waals surface area contributed by atoms with Crippen molar-refractivity contribution in [3.8, 4) is 0 Å². The maximum absolute atomic E-state index is 3.39. The number of rotatable bonds is 3. The highest BCUT2D eigenvalue weighted by molar-refractivity contribution is 4.60. The largest absolute Gasteiger partial charge is 0.312 e. The number of hydrogen-bond acceptors (Lipinski definition) is 1. The van der Waals surface area contributed by atoms with E-state index in [0.29, 0.717) is 12.1 Å². The van der Waals surface area contributed by atoms with Gasteiger partial charge in [-0.15, -0.1) is 0 Å². The van der Waals surface area contributed by atoms with Crippen LogP contribution >= 0.6 is 0 Å². The van der Waals surface area contributed by atoms with E-state index in [4.69, 9.17) is 0 Å². The van der Waals surface area contributed by atoms with E-state index < -0.39 is 0 Å². The van der Waals surface area contributed by atoms with Gasteiger partial charge in [-0.05, 0) is 13.3 Å². The van der Waals surface area contributed by atoms with Crippen LogP contribution in [0, 0.1) is 0 Å². The normalized spacial score (nSPS) is 14.6. The van der Waals surface area contributed by atoms with Crippen LogP contribution in [0.15, 0.2) is 0 Å². The number of nitrogens with one attached hydrogen (secondary N) is 1. The molecule has 0 aromatic rings. The first-order chi connectivity index (χ1) is 3.66. The maximum Gasteiger partial charge on any atom is 0.00384 e. The Morgan fingerprint density at radius 2 is 1.88 bits per heavy atom. The molecule has 0 aliphatic carbocycles. The summed E-state index contributed by atoms with van der Waals surface area (Å²) >= 11 is 0. The molecule has 0 aliphatic heterocycles. The van der Waals surface area contributed by atoms with E-state index in [9.17, 15) is 0 Å². The summed E-state index contributed by atoms with van der Waals surface area (Å²) in [6, 6.07) is 1.31. The van der Waals surface area contributed by atoms with Crippen LogP contribution in [0.3, 0.4) is 0 Å². The Morgan fingerprint density at radius 1 is 1.38 bits per heavy atom. The third-order valence-corrected chi connectivity index (χ3v) is 1.23. The third kappa shape index (κ3) is 4.13. The van der Waals surface area contributed by atoms with Crippen LogP contribution in [0.1, 0.15) is 35.5 Å². The van der Waals surface area contributed by atoms with E-state index in [1.54, 1.807) is 0 Å². The molecule has 1 atom stereocenters. The van der Waals surface area contributed by atoms with Gasteiger partial charge in [0.05, 0.1) is 0 Å². The molecule has 0 aliphatic rings. The van der Waals surface area contributed by atoms with Gasteiger partial charge in [-0.1, -0.05) is 20.8 Å². The Bertz CT molecular complexity index is 54.9. The van der Waals surface area contributed by atoms with E-state index in [-0.39, 0.29) is 1.43 Å². The van der Waals surface area contributed by atoms with Gasteiger partial charge >= 0.3 is 0 Å². The first-order valence-corrected chi connectivity index (χ1v) is 3.42. The van der Waals surface area contributed by atoms with E-state index in [0.717, 1.165) is 0 Å². The second-order valence-electron chi connectivity index (χ2n) is 2.63. The predicted molar refractivity (Wildman–Crippen MR) is 40.1 cm³/mol. The molecule has 8 heavy (non-hydrogen) atoms. The first-order valence-electron chi connectivity index (χ1n) is 3.42. The monoisotopic (exact) mass is 118 g/mol. The lowest BCUT2D eigenvalue weighted by atomic mass is 10.2. The van der Waals surface area contributed by atoms with Gasteiger partial charge in [0, 0.05) is 13.5 Å². The fourth-order valence-electron chi connectivity index (χ4n) is 0.687. The van der Waals surface area contributed by atoms with Crippen molar-refractivity contribution < 1.29 is 1.43 Å². The van der Waals surface area contributed by atoms with Gasteiger partial charge in [0.1, 0.15) is 0 Å². The summed E-state index contributed by atoms with van der Waals surface area (Å²) in [5, 5.41) is 3.39. The molecule has 1 N–H and O–H groups in total. The average Bonchev–Trinajstić information content (AvgIpc) is 1.65. The second kappa shape index (κ2) is 3.90. The zero-order valence-corrected chi connectivity index (χ0v) is 6.36. The molecule has 0 fully saturated rings. The van der Waals surface area contributed by atoms with Crippen LogP contribution < -0.4 is 5.32 Å². The quantitative estimate of drug-likeness (QED) is 0.598. The van der Waals surface area contributed by atoms with E-state index >= 15 is 0 Å². The fraction of sp³-hybridized carbons (Fsp3) is 1.00. The molecule has 0 aromatic heterocycles. The predicted octanol–water partition coefficient (Wildman–Crippen LogP) is 2.03. The summed E-state index contributed by atoms with van der Waals surface area (Å²) < 4.78 is 0. The van der Waals surface area contributed by atoms with E-state index in [1.807, 2.05) is 0 Å². The highest BCUT2D eigenvalue weighted by Gasteiger charge is 1.97. The van der Waals surface area contributed by atoms with Gasteiger partial charge in [0.15, 0.2) is 0 Å². The smallest absolute Gasteiger partial charge is 0.00384 e. The van der Waals surface area contributed by atoms with E-state index in [1.165, 1.54) is 6.42 Å². The summed E-state index contributed by atoms with van der Waals surface area (Å²) in [6.45, 7) is 8.75. The minimum absolute atomic E-state index is 0. The highest BCUT2D eigenvalue weighted by Crippen LogP contribution is 1.89. The van der Waals surface area contributed by atoms with Crippen molar-refractivity contribution in [3.63, 3.8) is 0 Å². The van der Waals surface area contributed by atoms with Crippen molar-refractivity contribution >= 4 is 0 Å². The summed E-state index contributed by atoms with van der Waals surface area (Å²) in [5.41, 5.74) is 0. The van der Waals surface area contributed by atoms with Crippen molar-refractivity contribution in [1.82, 2.24) is 5.32 Å². The fourth-order valence-corrected chi connectivity index (χ4v) is 0.687. The lowest BCUT2D eigenvalue weighted by molar-refractivity contribution is 0.479. The van der Waals surface area contributed by atoms with Crippen molar-refractivity contribution in [2.45, 2.75) is 46.2 Å². The van der Waals surface area contributed by atoms with Crippen LogP contribution in [-0.4, -0.2) is 12.1 Å². The SMILES string of the molecule is CCC(C)NC(C)C.[2HH]. The summed E-state index contributed by atoms with van der Waals surface area (Å²) in [6.07, 6.45) is 1.22. The molecule has 0 amide bonds. The van der Waals surface area contributed by atoms with Gasteiger partial charge < -0.3 is 5.32 Å². The standard InChI is InChI=1S/C7H17N.H2/c1-5-7(4)8-6(2)3;/h6-8H,5H2,1-4H3;1H/i;1+1. The van der Waals surface area contributed by atoms with Crippen molar-refractivity contribution in [1.29, 1.82) is 0 Å². The van der Waals surface area contributed by atoms with Crippen LogP contribution in [-0.2, 0) is 0 Å². The Balaban J connectivity index is 0. The molecule has 0 saturated carbocycles. The maximum atomic E-state index is 3.39. The minimum Gasteiger partial charge on any atom is -0.312 e. The number of hydrogen-bond donors (Lipinski definition) is 1. The topological polar surface area (TPSA) is 12.0 Å². The van der Waals surface area contributed by atoms with E-state index in [2.05, 4.69) is 33.0 Å². The zero-order chi connectivity index (χ0) is 6.57. The Labute approximate surface area is 54.0 Å². The molecule has 0 bridgehead atoms. The Morgan fingerprint density at radius 3 is 2.00 bits per heavy atom. The molecule has 0 radical (unpaired) electrons. The molecule has 0 spiro atoms. The van der Waals surface area contributed by atoms with Crippen molar-refractivity contribution in [3.05, 3.63) is 0 Å². The van der Waals surface area contributed by atoms with Crippen LogP contribution in [0.2, 0.25) is 0 Å². The van der Waals surface area contributed by atoms with Gasteiger partial charge in [0.25, 0.3) is 0 Å². The molecule has 1 unspecified atom stereocenters. The van der Waals surface area contributed by atoms with Gasteiger partial charge in [-0.2, -0.15) is 0 Å². The average molecular weight is 118 g/mol. The molecule has 0 aromatic carbocycles. The molecule has 0 saturated heterocycles. The van der Waals surface area contributed by atoms with Crippen molar-refractivity contribution in [2.24, 2.45) is 0 Å². The molecular formula is C7H19N. The van der Waals surface area contributed by atoms with Crippen LogP contribution in [0.25, 0.3) is 0 Å². The lowest BCUT2D eigenvalue weighted by Gasteiger charge is -2.13. The molecule has 0 heterocycles. The molecule has 1 nitrogen and oxygen atoms in total. The Kier molecular flexibility index (Phi) is 3.88. The molecule has 52 valence electrons. The second-order valence-corrected chi connectivity index (χ2v) is 2.63. The molecule has 0 rings (SSSR count).